The third-order valence-electron chi connectivity index (χ3n) is 3.97. The fraction of sp³-hybridized carbons (Fsp3) is 0.571. The van der Waals surface area contributed by atoms with Crippen LogP contribution < -0.4 is 10.6 Å². The van der Waals surface area contributed by atoms with Crippen molar-refractivity contribution in [2.75, 3.05) is 13.1 Å². The van der Waals surface area contributed by atoms with Gasteiger partial charge in [0.25, 0.3) is 5.91 Å². The second-order valence-electron chi connectivity index (χ2n) is 5.48. The van der Waals surface area contributed by atoms with Crippen LogP contribution >= 0.6 is 0 Å². The number of amides is 2. The molecule has 1 aromatic heterocycles. The molecule has 0 spiro atoms. The zero-order valence-electron chi connectivity index (χ0n) is 10.9. The lowest BCUT2D eigenvalue weighted by Crippen LogP contribution is -2.30. The molecule has 102 valence electrons. The number of rotatable bonds is 3. The number of aryl methyl sites for hydroxylation is 2. The van der Waals surface area contributed by atoms with Crippen LogP contribution in [-0.2, 0) is 17.6 Å². The molecule has 1 atom stereocenters. The van der Waals surface area contributed by atoms with Crippen LogP contribution in [0.1, 0.15) is 41.0 Å². The van der Waals surface area contributed by atoms with Crippen LogP contribution in [-0.4, -0.2) is 29.9 Å². The van der Waals surface area contributed by atoms with E-state index in [0.29, 0.717) is 25.2 Å². The first-order chi connectivity index (χ1) is 9.22. The number of hydrogen-bond donors (Lipinski definition) is 3. The predicted octanol–water partition coefficient (Wildman–Crippen LogP) is 0.759. The van der Waals surface area contributed by atoms with Crippen LogP contribution in [0.2, 0.25) is 0 Å². The van der Waals surface area contributed by atoms with Gasteiger partial charge in [-0.1, -0.05) is 0 Å². The number of fused-ring (bicyclic) bond motifs is 1. The second-order valence-corrected chi connectivity index (χ2v) is 5.48. The number of nitrogens with one attached hydrogen (secondary N) is 3. The smallest absolute Gasteiger partial charge is 0.267 e. The van der Waals surface area contributed by atoms with E-state index in [0.717, 1.165) is 12.8 Å². The van der Waals surface area contributed by atoms with Gasteiger partial charge in [0.05, 0.1) is 0 Å². The highest BCUT2D eigenvalue weighted by Crippen LogP contribution is 2.21. The van der Waals surface area contributed by atoms with Crippen molar-refractivity contribution in [2.45, 2.75) is 32.1 Å². The molecule has 3 N–H and O–H groups in total. The molecule has 0 saturated carbocycles. The number of H-pyrrole nitrogens is 1. The summed E-state index contributed by atoms with van der Waals surface area (Å²) in [5.41, 5.74) is 3.16. The molecule has 1 saturated heterocycles. The maximum Gasteiger partial charge on any atom is 0.267 e. The number of carbonyl (C=O) groups is 2. The number of carbonyl (C=O) groups excluding carboxylic acids is 2. The van der Waals surface area contributed by atoms with Crippen molar-refractivity contribution in [1.29, 1.82) is 0 Å². The number of aromatic amines is 1. The summed E-state index contributed by atoms with van der Waals surface area (Å²) in [5.74, 6) is 0.240. The summed E-state index contributed by atoms with van der Waals surface area (Å²) in [6.07, 6.45) is 5.04. The van der Waals surface area contributed by atoms with E-state index in [1.165, 1.54) is 24.1 Å². The molecule has 2 heterocycles. The predicted molar refractivity (Wildman–Crippen MR) is 70.9 cm³/mol. The van der Waals surface area contributed by atoms with Gasteiger partial charge in [-0.05, 0) is 37.3 Å². The van der Waals surface area contributed by atoms with E-state index in [9.17, 15) is 9.59 Å². The van der Waals surface area contributed by atoms with Gasteiger partial charge in [-0.2, -0.15) is 0 Å². The Morgan fingerprint density at radius 2 is 2.21 bits per heavy atom. The Hall–Kier alpha value is -1.78. The molecule has 0 bridgehead atoms. The number of hydrogen-bond acceptors (Lipinski definition) is 2. The van der Waals surface area contributed by atoms with Crippen molar-refractivity contribution in [3.8, 4) is 0 Å². The van der Waals surface area contributed by atoms with Crippen LogP contribution in [0, 0.1) is 5.92 Å². The third kappa shape index (κ3) is 2.64. The minimum Gasteiger partial charge on any atom is -0.356 e. The average Bonchev–Trinajstić information content (AvgIpc) is 3.01. The molecule has 19 heavy (non-hydrogen) atoms. The quantitative estimate of drug-likeness (QED) is 0.751. The van der Waals surface area contributed by atoms with Crippen molar-refractivity contribution >= 4 is 11.8 Å². The highest BCUT2D eigenvalue weighted by Gasteiger charge is 2.22. The van der Waals surface area contributed by atoms with Gasteiger partial charge >= 0.3 is 0 Å². The van der Waals surface area contributed by atoms with Gasteiger partial charge in [0, 0.05) is 31.1 Å². The summed E-state index contributed by atoms with van der Waals surface area (Å²) in [7, 11) is 0. The van der Waals surface area contributed by atoms with Crippen molar-refractivity contribution in [2.24, 2.45) is 5.92 Å². The Morgan fingerprint density at radius 3 is 2.95 bits per heavy atom. The lowest BCUT2D eigenvalue weighted by molar-refractivity contribution is -0.119. The molecule has 1 aromatic rings. The lowest BCUT2D eigenvalue weighted by atomic mass is 9.98. The molecule has 5 heteroatoms. The maximum absolute atomic E-state index is 12.1. The molecule has 2 amide bonds. The summed E-state index contributed by atoms with van der Waals surface area (Å²) in [6.45, 7) is 1.22. The number of aromatic nitrogens is 1. The van der Waals surface area contributed by atoms with Gasteiger partial charge in [-0.3, -0.25) is 9.59 Å². The third-order valence-corrected chi connectivity index (χ3v) is 3.97. The first kappa shape index (κ1) is 12.3. The summed E-state index contributed by atoms with van der Waals surface area (Å²) in [5, 5.41) is 5.68. The molecule has 5 nitrogen and oxygen atoms in total. The van der Waals surface area contributed by atoms with E-state index >= 15 is 0 Å². The Labute approximate surface area is 112 Å². The lowest BCUT2D eigenvalue weighted by Gasteiger charge is -2.09. The average molecular weight is 261 g/mol. The zero-order chi connectivity index (χ0) is 13.2. The maximum atomic E-state index is 12.1. The van der Waals surface area contributed by atoms with Crippen molar-refractivity contribution in [1.82, 2.24) is 15.6 Å². The van der Waals surface area contributed by atoms with Crippen molar-refractivity contribution in [3.05, 3.63) is 23.0 Å². The first-order valence-electron chi connectivity index (χ1n) is 6.98. The summed E-state index contributed by atoms with van der Waals surface area (Å²) in [6, 6.07) is 1.97. The van der Waals surface area contributed by atoms with E-state index in [1.807, 2.05) is 6.07 Å². The fourth-order valence-electron chi connectivity index (χ4n) is 2.87. The van der Waals surface area contributed by atoms with Crippen LogP contribution in [0.5, 0.6) is 0 Å². The summed E-state index contributed by atoms with van der Waals surface area (Å²) < 4.78 is 0. The normalized spacial score (nSPS) is 21.9. The molecule has 1 fully saturated rings. The van der Waals surface area contributed by atoms with E-state index in [1.54, 1.807) is 0 Å². The first-order valence-corrected chi connectivity index (χ1v) is 6.98. The molecule has 0 radical (unpaired) electrons. The molecule has 2 aliphatic rings. The highest BCUT2D eigenvalue weighted by molar-refractivity contribution is 5.93. The molecule has 3 rings (SSSR count). The largest absolute Gasteiger partial charge is 0.356 e. The molecular weight excluding hydrogens is 242 g/mol. The van der Waals surface area contributed by atoms with E-state index in [-0.39, 0.29) is 17.7 Å². The monoisotopic (exact) mass is 261 g/mol. The minimum absolute atomic E-state index is 0.0613. The summed E-state index contributed by atoms with van der Waals surface area (Å²) in [4.78, 5) is 26.3. The molecular formula is C14H19N3O2. The highest BCUT2D eigenvalue weighted by atomic mass is 16.2. The zero-order valence-corrected chi connectivity index (χ0v) is 10.9. The summed E-state index contributed by atoms with van der Waals surface area (Å²) >= 11 is 0. The van der Waals surface area contributed by atoms with E-state index in [2.05, 4.69) is 15.6 Å². The van der Waals surface area contributed by atoms with Gasteiger partial charge in [0.1, 0.15) is 5.69 Å². The Bertz CT molecular complexity index is 483. The second kappa shape index (κ2) is 5.07. The topological polar surface area (TPSA) is 74.0 Å². The molecule has 0 aromatic carbocycles. The SMILES string of the molecule is O=C1CC(CNC(=O)c2cc3c([nH]2)CCCC3)CN1. The van der Waals surface area contributed by atoms with Crippen LogP contribution in [0.15, 0.2) is 6.07 Å². The van der Waals surface area contributed by atoms with Gasteiger partial charge in [-0.25, -0.2) is 0 Å². The molecule has 1 aliphatic heterocycles. The van der Waals surface area contributed by atoms with Gasteiger partial charge in [-0.15, -0.1) is 0 Å². The molecule has 1 unspecified atom stereocenters. The van der Waals surface area contributed by atoms with Gasteiger partial charge in [0.15, 0.2) is 0 Å². The Kier molecular flexibility index (Phi) is 3.27. The van der Waals surface area contributed by atoms with Crippen LogP contribution in [0.25, 0.3) is 0 Å². The van der Waals surface area contributed by atoms with Gasteiger partial charge < -0.3 is 15.6 Å². The Balaban J connectivity index is 1.58. The Morgan fingerprint density at radius 1 is 1.37 bits per heavy atom. The van der Waals surface area contributed by atoms with E-state index in [4.69, 9.17) is 0 Å². The van der Waals surface area contributed by atoms with Crippen molar-refractivity contribution < 1.29 is 9.59 Å². The van der Waals surface area contributed by atoms with Crippen LogP contribution in [0.3, 0.4) is 0 Å². The fourth-order valence-corrected chi connectivity index (χ4v) is 2.87. The standard InChI is InChI=1S/C14H19N3O2/c18-13-5-9(7-15-13)8-16-14(19)12-6-10-3-1-2-4-11(10)17-12/h6,9,17H,1-5,7-8H2,(H,15,18)(H,16,19). The van der Waals surface area contributed by atoms with Gasteiger partial charge in [0.2, 0.25) is 5.91 Å². The van der Waals surface area contributed by atoms with Crippen LogP contribution in [0.4, 0.5) is 0 Å². The van der Waals surface area contributed by atoms with E-state index < -0.39 is 0 Å². The van der Waals surface area contributed by atoms with Crippen molar-refractivity contribution in [3.63, 3.8) is 0 Å². The minimum atomic E-state index is -0.0613. The molecule has 1 aliphatic carbocycles.